The van der Waals surface area contributed by atoms with Crippen molar-refractivity contribution in [3.63, 3.8) is 0 Å². The number of ether oxygens (including phenoxy) is 2. The molecular formula is C41H43F4N7O3. The average Bonchev–Trinajstić information content (AvgIpc) is 3.79. The van der Waals surface area contributed by atoms with Crippen molar-refractivity contribution in [2.45, 2.75) is 50.2 Å². The second-order valence-electron chi connectivity index (χ2n) is 15.9. The number of hydrogen-bond acceptors (Lipinski definition) is 9. The molecule has 5 aromatic rings. The van der Waals surface area contributed by atoms with Gasteiger partial charge in [-0.15, -0.1) is 6.42 Å². The molecule has 2 unspecified atom stereocenters. The van der Waals surface area contributed by atoms with E-state index in [4.69, 9.17) is 26.0 Å². The summed E-state index contributed by atoms with van der Waals surface area (Å²) < 4.78 is 74.3. The molecule has 1 aliphatic carbocycles. The molecule has 2 aromatic heterocycles. The second kappa shape index (κ2) is 13.8. The van der Waals surface area contributed by atoms with Gasteiger partial charge in [0.15, 0.2) is 5.82 Å². The molecule has 3 aliphatic heterocycles. The third-order valence-electron chi connectivity index (χ3n) is 12.4. The molecule has 1 N–H and O–H groups in total. The molecule has 1 saturated carbocycles. The second-order valence-corrected chi connectivity index (χ2v) is 15.9. The molecule has 3 aromatic carbocycles. The number of fused-ring (bicyclic) bond motifs is 6. The molecule has 5 heterocycles. The summed E-state index contributed by atoms with van der Waals surface area (Å²) in [6, 6.07) is 6.05. The summed E-state index contributed by atoms with van der Waals surface area (Å²) in [5.74, 6) is 0.524. The molecule has 3 saturated heterocycles. The first-order valence-corrected chi connectivity index (χ1v) is 18.9. The lowest BCUT2D eigenvalue weighted by Gasteiger charge is -2.49. The standard InChI is InChI=1S/C41H43F4N7O3/c1-5-28-32(42)9-6-22-12-27(53)13-29(33(22)28)34-36(43)38-35(31-18-50(3)48-37(31)34)40(47-41(46-38)55-20-23-14-49(2)17-30(23)39(44)45)52-24-7-8-25(52)16-51(15-24)26-10-21(11-26)19-54-4/h1,6,9,12-13,18,21,23-26,30,39,53H,7-8,10-11,14-17,19-20H2,2-4H3/t21?,23-,24?,25?,26?,30+/m1/s1. The van der Waals surface area contributed by atoms with Gasteiger partial charge in [-0.05, 0) is 67.8 Å². The van der Waals surface area contributed by atoms with Crippen LogP contribution < -0.4 is 9.64 Å². The Morgan fingerprint density at radius 3 is 2.44 bits per heavy atom. The summed E-state index contributed by atoms with van der Waals surface area (Å²) >= 11 is 0. The van der Waals surface area contributed by atoms with Crippen LogP contribution in [-0.4, -0.2) is 113 Å². The summed E-state index contributed by atoms with van der Waals surface area (Å²) in [7, 11) is 5.27. The first-order valence-electron chi connectivity index (χ1n) is 18.9. The highest BCUT2D eigenvalue weighted by Gasteiger charge is 2.46. The number of terminal acetylenes is 1. The van der Waals surface area contributed by atoms with Gasteiger partial charge < -0.3 is 24.4 Å². The SMILES string of the molecule is C#Cc1c(F)ccc2cc(O)cc(-c3c(F)c4nc(OC[C@H]5CN(C)C[C@@H]5C(F)F)nc(N5C6CCC5CN(C5CC(COC)C5)C6)c4c4cn(C)nc34)c12. The van der Waals surface area contributed by atoms with Crippen LogP contribution in [0.15, 0.2) is 30.5 Å². The molecule has 9 rings (SSSR count). The highest BCUT2D eigenvalue weighted by atomic mass is 19.3. The van der Waals surface area contributed by atoms with Crippen LogP contribution in [0.4, 0.5) is 23.4 Å². The third kappa shape index (κ3) is 6.02. The first-order chi connectivity index (χ1) is 26.5. The number of aryl methyl sites for hydroxylation is 1. The van der Waals surface area contributed by atoms with Crippen molar-refractivity contribution in [2.24, 2.45) is 24.8 Å². The van der Waals surface area contributed by atoms with Gasteiger partial charge in [-0.2, -0.15) is 15.1 Å². The van der Waals surface area contributed by atoms with E-state index in [0.29, 0.717) is 40.5 Å². The number of methoxy groups -OCH3 is 1. The number of phenols is 1. The topological polar surface area (TPSA) is 92.0 Å². The number of aromatic hydroxyl groups is 1. The molecule has 0 amide bonds. The van der Waals surface area contributed by atoms with E-state index in [2.05, 4.69) is 20.7 Å². The highest BCUT2D eigenvalue weighted by Crippen LogP contribution is 2.47. The number of piperazine rings is 1. The quantitative estimate of drug-likeness (QED) is 0.140. The van der Waals surface area contributed by atoms with Crippen LogP contribution >= 0.6 is 0 Å². The number of alkyl halides is 2. The van der Waals surface area contributed by atoms with Crippen molar-refractivity contribution in [1.29, 1.82) is 0 Å². The summed E-state index contributed by atoms with van der Waals surface area (Å²) in [4.78, 5) is 16.4. The summed E-state index contributed by atoms with van der Waals surface area (Å²) in [6.07, 6.45) is 9.12. The molecule has 4 fully saturated rings. The molecule has 55 heavy (non-hydrogen) atoms. The van der Waals surface area contributed by atoms with Crippen LogP contribution in [0, 0.1) is 41.7 Å². The normalized spacial score (nSPS) is 25.8. The van der Waals surface area contributed by atoms with Crippen molar-refractivity contribution in [1.82, 2.24) is 29.5 Å². The van der Waals surface area contributed by atoms with Crippen LogP contribution in [0.2, 0.25) is 0 Å². The molecule has 0 radical (unpaired) electrons. The van der Waals surface area contributed by atoms with Crippen LogP contribution in [0.25, 0.3) is 43.7 Å². The highest BCUT2D eigenvalue weighted by molar-refractivity contribution is 6.18. The first kappa shape index (κ1) is 36.0. The van der Waals surface area contributed by atoms with Crippen molar-refractivity contribution in [3.05, 3.63) is 47.7 Å². The lowest BCUT2D eigenvalue weighted by Crippen LogP contribution is -2.59. The predicted octanol–water partition coefficient (Wildman–Crippen LogP) is 6.20. The number of benzene rings is 3. The van der Waals surface area contributed by atoms with Crippen molar-refractivity contribution < 1.29 is 32.1 Å². The van der Waals surface area contributed by atoms with E-state index in [-0.39, 0.29) is 70.1 Å². The van der Waals surface area contributed by atoms with Gasteiger partial charge in [0.2, 0.25) is 6.43 Å². The number of hydrogen-bond donors (Lipinski definition) is 1. The Kier molecular flexibility index (Phi) is 9.02. The molecule has 4 atom stereocenters. The summed E-state index contributed by atoms with van der Waals surface area (Å²) in [5.41, 5.74) is 0.280. The zero-order chi connectivity index (χ0) is 38.3. The van der Waals surface area contributed by atoms with Gasteiger partial charge in [-0.25, -0.2) is 17.6 Å². The number of phenolic OH excluding ortho intramolecular Hbond substituents is 1. The number of halogens is 4. The molecule has 288 valence electrons. The van der Waals surface area contributed by atoms with Gasteiger partial charge in [-0.1, -0.05) is 12.0 Å². The average molecular weight is 758 g/mol. The fourth-order valence-electron chi connectivity index (χ4n) is 9.89. The Bertz CT molecular complexity index is 2340. The molecule has 2 bridgehead atoms. The predicted molar refractivity (Wildman–Crippen MR) is 201 cm³/mol. The van der Waals surface area contributed by atoms with Gasteiger partial charge in [-0.3, -0.25) is 9.58 Å². The van der Waals surface area contributed by atoms with Crippen LogP contribution in [0.5, 0.6) is 11.8 Å². The molecule has 4 aliphatic rings. The Morgan fingerprint density at radius 1 is 0.964 bits per heavy atom. The Morgan fingerprint density at radius 2 is 1.73 bits per heavy atom. The van der Waals surface area contributed by atoms with E-state index in [1.807, 2.05) is 4.90 Å². The number of likely N-dealkylation sites (tertiary alicyclic amines) is 2. The molecule has 10 nitrogen and oxygen atoms in total. The maximum atomic E-state index is 17.7. The van der Waals surface area contributed by atoms with Gasteiger partial charge in [0.05, 0.1) is 17.6 Å². The largest absolute Gasteiger partial charge is 0.508 e. The fourth-order valence-corrected chi connectivity index (χ4v) is 9.89. The van der Waals surface area contributed by atoms with Crippen LogP contribution in [0.1, 0.15) is 31.2 Å². The van der Waals surface area contributed by atoms with Gasteiger partial charge in [0, 0.05) is 99.4 Å². The zero-order valence-electron chi connectivity index (χ0n) is 31.0. The third-order valence-corrected chi connectivity index (χ3v) is 12.4. The van der Waals surface area contributed by atoms with Crippen molar-refractivity contribution in [2.75, 3.05) is 58.5 Å². The van der Waals surface area contributed by atoms with Crippen LogP contribution in [-0.2, 0) is 11.8 Å². The molecule has 0 spiro atoms. The minimum absolute atomic E-state index is 0.0136. The minimum atomic E-state index is -2.52. The van der Waals surface area contributed by atoms with E-state index in [9.17, 15) is 13.9 Å². The smallest absolute Gasteiger partial charge is 0.319 e. The van der Waals surface area contributed by atoms with E-state index < -0.39 is 29.9 Å². The lowest BCUT2D eigenvalue weighted by atomic mass is 9.79. The van der Waals surface area contributed by atoms with Gasteiger partial charge >= 0.3 is 6.01 Å². The Hall–Kier alpha value is -4.71. The van der Waals surface area contributed by atoms with Crippen LogP contribution in [0.3, 0.4) is 0 Å². The summed E-state index contributed by atoms with van der Waals surface area (Å²) in [5, 5.41) is 17.3. The minimum Gasteiger partial charge on any atom is -0.508 e. The monoisotopic (exact) mass is 757 g/mol. The van der Waals surface area contributed by atoms with E-state index in [1.54, 1.807) is 32.1 Å². The van der Waals surface area contributed by atoms with E-state index >= 15 is 8.78 Å². The maximum absolute atomic E-state index is 17.7. The lowest BCUT2D eigenvalue weighted by molar-refractivity contribution is 0.0199. The Balaban J connectivity index is 1.22. The summed E-state index contributed by atoms with van der Waals surface area (Å²) in [6.45, 7) is 2.99. The number of anilines is 1. The Labute approximate surface area is 316 Å². The number of aromatic nitrogens is 4. The number of nitrogens with zero attached hydrogens (tertiary/aromatic N) is 7. The molecule has 14 heteroatoms. The van der Waals surface area contributed by atoms with Gasteiger partial charge in [0.1, 0.15) is 28.4 Å². The van der Waals surface area contributed by atoms with E-state index in [0.717, 1.165) is 45.4 Å². The zero-order valence-corrected chi connectivity index (χ0v) is 31.0. The van der Waals surface area contributed by atoms with Gasteiger partial charge in [0.25, 0.3) is 0 Å². The van der Waals surface area contributed by atoms with Crippen molar-refractivity contribution in [3.8, 4) is 35.2 Å². The number of rotatable bonds is 9. The maximum Gasteiger partial charge on any atom is 0.319 e. The fraction of sp³-hybridized carbons (Fsp3) is 0.488. The molecular weight excluding hydrogens is 714 g/mol. The van der Waals surface area contributed by atoms with Crippen molar-refractivity contribution >= 4 is 38.4 Å². The van der Waals surface area contributed by atoms with E-state index in [1.165, 1.54) is 24.3 Å².